The largest absolute Gasteiger partial charge is 0.458 e. The Morgan fingerprint density at radius 1 is 0.490 bits per heavy atom. The van der Waals surface area contributed by atoms with Crippen molar-refractivity contribution in [1.29, 1.82) is 0 Å². The number of hydrogen-bond acceptors (Lipinski definition) is 2. The normalized spacial score (nSPS) is 14.3. The molecule has 240 valence electrons. The summed E-state index contributed by atoms with van der Waals surface area (Å²) in [4.78, 5) is 0. The zero-order valence-corrected chi connectivity index (χ0v) is 32.6. The summed E-state index contributed by atoms with van der Waals surface area (Å²) in [5.41, 5.74) is 14.3. The second-order valence-corrected chi connectivity index (χ2v) is 22.7. The Balaban J connectivity index is 1.34. The van der Waals surface area contributed by atoms with Gasteiger partial charge in [-0.05, 0) is 125 Å². The molecule has 0 spiro atoms. The second-order valence-electron chi connectivity index (χ2n) is 15.9. The molecule has 8 aromatic rings. The van der Waals surface area contributed by atoms with E-state index >= 15 is 0 Å². The molecule has 4 aliphatic heterocycles. The van der Waals surface area contributed by atoms with E-state index in [2.05, 4.69) is 155 Å². The highest BCUT2D eigenvalue weighted by Crippen LogP contribution is 2.48. The van der Waals surface area contributed by atoms with Crippen LogP contribution in [0.5, 0.6) is 23.0 Å². The third-order valence-corrected chi connectivity index (χ3v) is 15.0. The number of para-hydroxylation sites is 2. The number of rotatable bonds is 1. The molecule has 0 radical (unpaired) electrons. The van der Waals surface area contributed by atoms with Crippen LogP contribution in [0, 0.1) is 6.92 Å². The molecule has 0 N–H and O–H groups in total. The van der Waals surface area contributed by atoms with E-state index in [1.165, 1.54) is 98.1 Å². The summed E-state index contributed by atoms with van der Waals surface area (Å²) in [6.07, 6.45) is 0. The van der Waals surface area contributed by atoms with E-state index in [0.717, 1.165) is 31.9 Å². The van der Waals surface area contributed by atoms with E-state index in [9.17, 15) is 0 Å². The zero-order valence-electron chi connectivity index (χ0n) is 28.5. The van der Waals surface area contributed by atoms with Crippen LogP contribution in [0.2, 0.25) is 19.6 Å². The molecule has 0 unspecified atom stereocenters. The Kier molecular flexibility index (Phi) is 5.50. The lowest BCUT2D eigenvalue weighted by Crippen LogP contribution is -2.58. The molecule has 4 heterocycles. The SMILES string of the molecule is Cc1cc2c3c(cc4c([Si](C)(C)C)cc5c6c(cc1c3c46)B1c3ccccc3Oc3cc(Br)cc-5c31)B1c3ccccc3Oc3cc(Br)cc-2c31. The van der Waals surface area contributed by atoms with Gasteiger partial charge in [0.25, 0.3) is 13.4 Å². The molecule has 8 aromatic carbocycles. The van der Waals surface area contributed by atoms with Gasteiger partial charge in [-0.25, -0.2) is 0 Å². The smallest absolute Gasteiger partial charge is 0.252 e. The number of ether oxygens (including phenoxy) is 2. The minimum atomic E-state index is -1.88. The van der Waals surface area contributed by atoms with Crippen LogP contribution in [0.3, 0.4) is 0 Å². The molecule has 4 aliphatic rings. The fraction of sp³-hybridized carbons (Fsp3) is 0.0909. The Bertz CT molecular complexity index is 2970. The molecular formula is C44H28B2Br2O2Si. The van der Waals surface area contributed by atoms with Gasteiger partial charge in [-0.1, -0.05) is 128 Å². The van der Waals surface area contributed by atoms with E-state index in [0.29, 0.717) is 0 Å². The van der Waals surface area contributed by atoms with Crippen molar-refractivity contribution in [2.45, 2.75) is 26.6 Å². The van der Waals surface area contributed by atoms with Crippen molar-refractivity contribution in [3.63, 3.8) is 0 Å². The molecule has 2 nitrogen and oxygen atoms in total. The highest BCUT2D eigenvalue weighted by Gasteiger charge is 2.44. The van der Waals surface area contributed by atoms with Gasteiger partial charge in [-0.3, -0.25) is 0 Å². The van der Waals surface area contributed by atoms with Crippen LogP contribution in [0.15, 0.2) is 106 Å². The summed E-state index contributed by atoms with van der Waals surface area (Å²) >= 11 is 7.77. The summed E-state index contributed by atoms with van der Waals surface area (Å²) in [6, 6.07) is 36.5. The molecule has 0 aliphatic carbocycles. The van der Waals surface area contributed by atoms with Crippen molar-refractivity contribution in [3.05, 3.63) is 112 Å². The van der Waals surface area contributed by atoms with Crippen LogP contribution in [0.4, 0.5) is 0 Å². The van der Waals surface area contributed by atoms with E-state index in [1.54, 1.807) is 0 Å². The molecule has 7 heteroatoms. The standard InChI is InChI=1S/C44H28B2Br2O2Si/c1-21-13-25-27-14-22(47)16-36-43(27)46(31-10-6-8-12-35(31)49-36)33-19-29-38(51(2,3)4)20-26-28-15-23(48)17-37-44(28)45(30-9-5-7-11-34(30)50-37)32-18-24(21)41(39(25)33)42(29)40(26)32/h5-20H,1-4H3. The van der Waals surface area contributed by atoms with Gasteiger partial charge >= 0.3 is 0 Å². The molecular weight excluding hydrogens is 770 g/mol. The van der Waals surface area contributed by atoms with Gasteiger partial charge in [0.15, 0.2) is 0 Å². The first kappa shape index (κ1) is 29.3. The summed E-state index contributed by atoms with van der Waals surface area (Å²) in [5.74, 6) is 3.80. The number of aryl methyl sites for hydroxylation is 1. The van der Waals surface area contributed by atoms with E-state index in [1.807, 2.05) is 0 Å². The van der Waals surface area contributed by atoms with Crippen LogP contribution >= 0.6 is 31.9 Å². The van der Waals surface area contributed by atoms with Crippen molar-refractivity contribution in [1.82, 2.24) is 0 Å². The third-order valence-electron chi connectivity index (χ3n) is 12.1. The fourth-order valence-electron chi connectivity index (χ4n) is 10.2. The Morgan fingerprint density at radius 2 is 0.980 bits per heavy atom. The molecule has 0 aromatic heterocycles. The van der Waals surface area contributed by atoms with E-state index < -0.39 is 8.07 Å². The number of fused-ring (bicyclic) bond motifs is 8. The van der Waals surface area contributed by atoms with Crippen molar-refractivity contribution < 1.29 is 9.47 Å². The molecule has 0 amide bonds. The van der Waals surface area contributed by atoms with Gasteiger partial charge in [-0.2, -0.15) is 0 Å². The van der Waals surface area contributed by atoms with Crippen LogP contribution in [-0.2, 0) is 0 Å². The topological polar surface area (TPSA) is 18.5 Å². The summed E-state index contributed by atoms with van der Waals surface area (Å²) in [7, 11) is -1.88. The Morgan fingerprint density at radius 3 is 1.53 bits per heavy atom. The molecule has 0 fully saturated rings. The van der Waals surface area contributed by atoms with E-state index in [-0.39, 0.29) is 13.4 Å². The molecule has 12 rings (SSSR count). The van der Waals surface area contributed by atoms with Crippen LogP contribution in [0.1, 0.15) is 5.56 Å². The maximum atomic E-state index is 6.70. The van der Waals surface area contributed by atoms with Gasteiger partial charge in [0, 0.05) is 8.95 Å². The average molecular weight is 798 g/mol. The van der Waals surface area contributed by atoms with Gasteiger partial charge in [-0.15, -0.1) is 0 Å². The third kappa shape index (κ3) is 3.60. The van der Waals surface area contributed by atoms with E-state index in [4.69, 9.17) is 9.47 Å². The van der Waals surface area contributed by atoms with Crippen LogP contribution in [-0.4, -0.2) is 21.5 Å². The highest BCUT2D eigenvalue weighted by atomic mass is 79.9. The lowest BCUT2D eigenvalue weighted by molar-refractivity contribution is 0.487. The van der Waals surface area contributed by atoms with Gasteiger partial charge in [0.1, 0.15) is 23.0 Å². The van der Waals surface area contributed by atoms with Crippen molar-refractivity contribution in [2.75, 3.05) is 0 Å². The van der Waals surface area contributed by atoms with Crippen molar-refractivity contribution in [3.8, 4) is 45.3 Å². The summed E-state index contributed by atoms with van der Waals surface area (Å²) in [5, 5.41) is 9.91. The zero-order chi connectivity index (χ0) is 34.2. The number of halogens is 2. The van der Waals surface area contributed by atoms with Crippen molar-refractivity contribution in [2.24, 2.45) is 0 Å². The van der Waals surface area contributed by atoms with Gasteiger partial charge in [0.2, 0.25) is 0 Å². The minimum absolute atomic E-state index is 0.0814. The average Bonchev–Trinajstić information content (AvgIpc) is 3.10. The Hall–Kier alpha value is -4.29. The molecule has 0 atom stereocenters. The predicted octanol–water partition coefficient (Wildman–Crippen LogP) is 8.17. The lowest BCUT2D eigenvalue weighted by atomic mass is 9.32. The first-order chi connectivity index (χ1) is 24.7. The van der Waals surface area contributed by atoms with Gasteiger partial charge < -0.3 is 9.47 Å². The van der Waals surface area contributed by atoms with Gasteiger partial charge in [0.05, 0.1) is 8.07 Å². The fourth-order valence-corrected chi connectivity index (χ4v) is 12.6. The lowest BCUT2D eigenvalue weighted by Gasteiger charge is -2.38. The van der Waals surface area contributed by atoms with Crippen LogP contribution in [0.25, 0.3) is 54.6 Å². The predicted molar refractivity (Wildman–Crippen MR) is 226 cm³/mol. The quantitative estimate of drug-likeness (QED) is 0.123. The minimum Gasteiger partial charge on any atom is -0.458 e. The summed E-state index contributed by atoms with van der Waals surface area (Å²) < 4.78 is 15.5. The monoisotopic (exact) mass is 796 g/mol. The van der Waals surface area contributed by atoms with Crippen molar-refractivity contribution >= 4 is 124 Å². The maximum absolute atomic E-state index is 6.70. The summed E-state index contributed by atoms with van der Waals surface area (Å²) in [6.45, 7) is 9.99. The second kappa shape index (κ2) is 9.57. The molecule has 0 saturated carbocycles. The number of hydrogen-bond donors (Lipinski definition) is 0. The molecule has 0 saturated heterocycles. The maximum Gasteiger partial charge on any atom is 0.252 e. The molecule has 0 bridgehead atoms. The molecule has 51 heavy (non-hydrogen) atoms. The van der Waals surface area contributed by atoms with Crippen LogP contribution < -0.4 is 47.4 Å². The highest BCUT2D eigenvalue weighted by molar-refractivity contribution is 9.10. The number of benzene rings is 8. The first-order valence-corrected chi connectivity index (χ1v) is 22.8. The Labute approximate surface area is 314 Å². The first-order valence-electron chi connectivity index (χ1n) is 17.7.